The van der Waals surface area contributed by atoms with Gasteiger partial charge in [0.05, 0.1) is 24.5 Å². The Balaban J connectivity index is 1.63. The minimum Gasteiger partial charge on any atom is -0.510 e. The van der Waals surface area contributed by atoms with Crippen LogP contribution >= 0.6 is 0 Å². The van der Waals surface area contributed by atoms with Crippen molar-refractivity contribution in [2.75, 3.05) is 41.4 Å². The first kappa shape index (κ1) is 29.5. The van der Waals surface area contributed by atoms with Crippen molar-refractivity contribution >= 4 is 17.5 Å². The van der Waals surface area contributed by atoms with Crippen molar-refractivity contribution in [1.29, 1.82) is 0 Å². The van der Waals surface area contributed by atoms with Crippen molar-refractivity contribution in [3.05, 3.63) is 63.8 Å². The number of methoxy groups -OCH3 is 1. The zero-order valence-electron chi connectivity index (χ0n) is 23.9. The van der Waals surface area contributed by atoms with Gasteiger partial charge in [-0.1, -0.05) is 0 Å². The smallest absolute Gasteiger partial charge is 0.258 e. The highest BCUT2D eigenvalue weighted by molar-refractivity contribution is 6.25. The molecule has 0 saturated carbocycles. The highest BCUT2D eigenvalue weighted by Crippen LogP contribution is 2.53. The Morgan fingerprint density at radius 2 is 1.93 bits per heavy atom. The quantitative estimate of drug-likeness (QED) is 0.196. The first-order valence-electron chi connectivity index (χ1n) is 13.7. The molecule has 5 rings (SSSR count). The lowest BCUT2D eigenvalue weighted by atomic mass is 9.58. The van der Waals surface area contributed by atoms with E-state index in [1.807, 2.05) is 6.07 Å². The summed E-state index contributed by atoms with van der Waals surface area (Å²) in [7, 11) is 6.12. The summed E-state index contributed by atoms with van der Waals surface area (Å²) in [4.78, 5) is 41.8. The number of nitrogens with zero attached hydrogens (tertiary/aromatic N) is 1. The molecule has 12 heteroatoms. The molecule has 0 fully saturated rings. The average molecular weight is 582 g/mol. The number of carbonyl (C=O) groups is 3. The normalized spacial score (nSPS) is 25.4. The fraction of sp³-hybridized carbons (Fsp3) is 0.433. The lowest BCUT2D eigenvalue weighted by Gasteiger charge is -2.50. The second-order valence-electron chi connectivity index (χ2n) is 11.1. The van der Waals surface area contributed by atoms with Crippen LogP contribution in [0.25, 0.3) is 11.3 Å². The van der Waals surface area contributed by atoms with Gasteiger partial charge in [-0.3, -0.25) is 19.3 Å². The molecule has 0 spiro atoms. The molecule has 2 aromatic rings. The predicted octanol–water partition coefficient (Wildman–Crippen LogP) is 1.38. The number of ketones is 2. The number of aliphatic hydroxyl groups excluding tert-OH is 2. The molecule has 224 valence electrons. The van der Waals surface area contributed by atoms with Gasteiger partial charge in [0.2, 0.25) is 5.78 Å². The van der Waals surface area contributed by atoms with Gasteiger partial charge >= 0.3 is 0 Å². The second-order valence-corrected chi connectivity index (χ2v) is 11.1. The number of fused-ring (bicyclic) bond motifs is 3. The van der Waals surface area contributed by atoms with E-state index in [1.54, 1.807) is 38.4 Å². The lowest BCUT2D eigenvalue weighted by molar-refractivity contribution is -0.148. The molecule has 4 atom stereocenters. The Kier molecular flexibility index (Phi) is 7.75. The summed E-state index contributed by atoms with van der Waals surface area (Å²) in [6.07, 6.45) is 1.74. The maximum Gasteiger partial charge on any atom is 0.258 e. The summed E-state index contributed by atoms with van der Waals surface area (Å²) >= 11 is 0. The lowest BCUT2D eigenvalue weighted by Crippen LogP contribution is -2.63. The molecule has 1 aromatic carbocycles. The highest BCUT2D eigenvalue weighted by atomic mass is 16.5. The fourth-order valence-electron chi connectivity index (χ4n) is 6.68. The van der Waals surface area contributed by atoms with E-state index in [4.69, 9.17) is 9.15 Å². The van der Waals surface area contributed by atoms with Crippen LogP contribution in [-0.2, 0) is 27.3 Å². The maximum atomic E-state index is 14.0. The van der Waals surface area contributed by atoms with E-state index < -0.39 is 58.0 Å². The van der Waals surface area contributed by atoms with E-state index in [0.29, 0.717) is 36.6 Å². The minimum atomic E-state index is -2.64. The Labute approximate surface area is 242 Å². The van der Waals surface area contributed by atoms with Crippen LogP contribution in [-0.4, -0.2) is 95.8 Å². The molecular weight excluding hydrogens is 546 g/mol. The first-order chi connectivity index (χ1) is 20.0. The van der Waals surface area contributed by atoms with Crippen molar-refractivity contribution < 1.29 is 44.0 Å². The van der Waals surface area contributed by atoms with Gasteiger partial charge in [-0.2, -0.15) is 0 Å². The van der Waals surface area contributed by atoms with Crippen LogP contribution in [0.3, 0.4) is 0 Å². The van der Waals surface area contributed by atoms with Crippen molar-refractivity contribution in [1.82, 2.24) is 15.5 Å². The molecule has 6 N–H and O–H groups in total. The number of aromatic hydroxyl groups is 1. The van der Waals surface area contributed by atoms with Gasteiger partial charge in [-0.05, 0) is 56.6 Å². The van der Waals surface area contributed by atoms with E-state index in [1.165, 1.54) is 13.1 Å². The number of likely N-dealkylation sites (N-methyl/N-ethyl adjacent to an activating group) is 2. The van der Waals surface area contributed by atoms with E-state index in [0.717, 1.165) is 5.56 Å². The molecule has 1 amide bonds. The molecule has 0 bridgehead atoms. The van der Waals surface area contributed by atoms with Gasteiger partial charge < -0.3 is 40.2 Å². The van der Waals surface area contributed by atoms with Gasteiger partial charge in [-0.15, -0.1) is 0 Å². The van der Waals surface area contributed by atoms with Crippen LogP contribution in [0.4, 0.5) is 0 Å². The van der Waals surface area contributed by atoms with Crippen LogP contribution in [0.2, 0.25) is 0 Å². The average Bonchev–Trinajstić information content (AvgIpc) is 3.41. The summed E-state index contributed by atoms with van der Waals surface area (Å²) < 4.78 is 10.9. The summed E-state index contributed by atoms with van der Waals surface area (Å²) in [6, 6.07) is 3.83. The largest absolute Gasteiger partial charge is 0.510 e. The van der Waals surface area contributed by atoms with Gasteiger partial charge in [0.25, 0.3) is 5.91 Å². The van der Waals surface area contributed by atoms with E-state index in [9.17, 15) is 34.8 Å². The molecule has 0 radical (unpaired) electrons. The third-order valence-electron chi connectivity index (χ3n) is 8.60. The molecule has 3 aliphatic carbocycles. The van der Waals surface area contributed by atoms with Gasteiger partial charge in [-0.25, -0.2) is 0 Å². The fourth-order valence-corrected chi connectivity index (χ4v) is 6.68. The number of Topliss-reactive ketones (excluding diaryl/α,β-unsaturated/α-hetero) is 2. The van der Waals surface area contributed by atoms with Crippen LogP contribution in [0.15, 0.2) is 51.5 Å². The van der Waals surface area contributed by atoms with E-state index in [2.05, 4.69) is 10.6 Å². The second kappa shape index (κ2) is 11.0. The maximum absolute atomic E-state index is 14.0. The molecule has 0 unspecified atom stereocenters. The summed E-state index contributed by atoms with van der Waals surface area (Å²) in [5, 5.41) is 50.8. The number of hydrogen-bond acceptors (Lipinski definition) is 11. The monoisotopic (exact) mass is 581 g/mol. The predicted molar refractivity (Wildman–Crippen MR) is 150 cm³/mol. The molecule has 1 aromatic heterocycles. The van der Waals surface area contributed by atoms with Crippen LogP contribution in [0.1, 0.15) is 27.9 Å². The molecule has 0 saturated heterocycles. The number of ether oxygens (including phenoxy) is 1. The molecular formula is C30H35N3O9. The summed E-state index contributed by atoms with van der Waals surface area (Å²) in [6.45, 7) is 1.60. The van der Waals surface area contributed by atoms with Crippen LogP contribution in [0.5, 0.6) is 5.75 Å². The topological polar surface area (TPSA) is 182 Å². The number of furan rings is 1. The Bertz CT molecular complexity index is 1520. The number of nitrogens with one attached hydrogen (secondary N) is 2. The van der Waals surface area contributed by atoms with Gasteiger partial charge in [0.1, 0.15) is 28.6 Å². The Hall–Kier alpha value is -3.97. The Morgan fingerprint density at radius 3 is 2.60 bits per heavy atom. The highest BCUT2D eigenvalue weighted by Gasteiger charge is 2.63. The third-order valence-corrected chi connectivity index (χ3v) is 8.60. The Morgan fingerprint density at radius 1 is 1.19 bits per heavy atom. The zero-order valence-corrected chi connectivity index (χ0v) is 23.9. The van der Waals surface area contributed by atoms with E-state index in [-0.39, 0.29) is 29.7 Å². The summed E-state index contributed by atoms with van der Waals surface area (Å²) in [5.74, 6) is -5.78. The standard InChI is InChI=1S/C30H35N3O9/c1-31-29(39)22-25(36)23(33(2)3)18-12-15-11-17-16(26-14(7-9-42-26)13-32-8-10-41-4)5-6-19(34)21(17)24(35)20(15)27(37)30(18,40)28(22)38/h5-7,9,15,18,23,32,34,36-37,40H,8,10-13H2,1-4H3,(H,31,39)/t15-,18-,23-,30-/m0/s1. The number of benzene rings is 1. The van der Waals surface area contributed by atoms with E-state index >= 15 is 0 Å². The number of phenols is 1. The zero-order chi connectivity index (χ0) is 30.5. The van der Waals surface area contributed by atoms with Crippen molar-refractivity contribution in [2.45, 2.75) is 31.0 Å². The molecule has 12 nitrogen and oxygen atoms in total. The third kappa shape index (κ3) is 4.33. The SMILES string of the molecule is CNC(=O)C1=C(O)[C@@H](N(C)C)[C@@H]2C[C@@H]3Cc4c(-c5occc5CNCCOC)ccc(O)c4C(=O)C3=C(O)[C@]2(O)C1=O. The number of aliphatic hydroxyl groups is 3. The van der Waals surface area contributed by atoms with Crippen molar-refractivity contribution in [2.24, 2.45) is 11.8 Å². The van der Waals surface area contributed by atoms with Gasteiger partial charge in [0, 0.05) is 49.9 Å². The molecule has 1 heterocycles. The van der Waals surface area contributed by atoms with Crippen LogP contribution < -0.4 is 10.6 Å². The molecule has 42 heavy (non-hydrogen) atoms. The number of amides is 1. The van der Waals surface area contributed by atoms with Gasteiger partial charge in [0.15, 0.2) is 11.4 Å². The number of allylic oxidation sites excluding steroid dienone is 1. The first-order valence-corrected chi connectivity index (χ1v) is 13.7. The molecule has 0 aliphatic heterocycles. The molecule has 3 aliphatic rings. The number of hydrogen-bond donors (Lipinski definition) is 6. The number of rotatable bonds is 8. The van der Waals surface area contributed by atoms with Crippen molar-refractivity contribution in [3.8, 4) is 17.1 Å². The minimum absolute atomic E-state index is 0.0272. The van der Waals surface area contributed by atoms with Crippen LogP contribution in [0, 0.1) is 11.8 Å². The number of phenolic OH excluding ortho intramolecular Hbond substituents is 1. The van der Waals surface area contributed by atoms with Crippen molar-refractivity contribution in [3.63, 3.8) is 0 Å². The number of carbonyl (C=O) groups excluding carboxylic acids is 3. The summed E-state index contributed by atoms with van der Waals surface area (Å²) in [5.41, 5.74) is -1.64.